The van der Waals surface area contributed by atoms with E-state index in [0.717, 1.165) is 0 Å². The Morgan fingerprint density at radius 2 is 1.90 bits per heavy atom. The van der Waals surface area contributed by atoms with Crippen LogP contribution in [0.4, 0.5) is 0 Å². The number of benzene rings is 1. The number of aromatic nitrogens is 2. The Hall–Kier alpha value is -3.98. The van der Waals surface area contributed by atoms with E-state index in [0.29, 0.717) is 22.0 Å². The van der Waals surface area contributed by atoms with Gasteiger partial charge in [-0.05, 0) is 35.7 Å². The summed E-state index contributed by atoms with van der Waals surface area (Å²) < 4.78 is 11.9. The zero-order valence-electron chi connectivity index (χ0n) is 15.5. The van der Waals surface area contributed by atoms with E-state index in [9.17, 15) is 14.4 Å². The summed E-state index contributed by atoms with van der Waals surface area (Å²) in [7, 11) is 0. The summed E-state index contributed by atoms with van der Waals surface area (Å²) in [6, 6.07) is 17.3. The van der Waals surface area contributed by atoms with Crippen LogP contribution >= 0.6 is 11.3 Å². The number of carbonyl (C=O) groups excluding carboxylic acids is 3. The second-order valence-corrected chi connectivity index (χ2v) is 7.02. The summed E-state index contributed by atoms with van der Waals surface area (Å²) in [6.45, 7) is -0.605. The van der Waals surface area contributed by atoms with Crippen LogP contribution in [-0.4, -0.2) is 34.2 Å². The average Bonchev–Trinajstić information content (AvgIpc) is 3.53. The Morgan fingerprint density at radius 1 is 1.07 bits per heavy atom. The van der Waals surface area contributed by atoms with E-state index in [1.807, 2.05) is 18.2 Å². The van der Waals surface area contributed by atoms with Crippen LogP contribution in [0.5, 0.6) is 0 Å². The van der Waals surface area contributed by atoms with Crippen LogP contribution in [0.1, 0.15) is 20.2 Å². The summed E-state index contributed by atoms with van der Waals surface area (Å²) in [5, 5.41) is 8.33. The number of furan rings is 1. The fourth-order valence-corrected chi connectivity index (χ4v) is 3.29. The van der Waals surface area contributed by atoms with Gasteiger partial charge in [0.05, 0.1) is 16.8 Å². The first kappa shape index (κ1) is 19.3. The van der Waals surface area contributed by atoms with Gasteiger partial charge in [-0.2, -0.15) is 5.10 Å². The minimum Gasteiger partial charge on any atom is -0.463 e. The molecule has 1 N–H and O–H groups in total. The second-order valence-electron chi connectivity index (χ2n) is 6.07. The summed E-state index contributed by atoms with van der Waals surface area (Å²) in [6.07, 6.45) is 1.50. The largest absolute Gasteiger partial charge is 0.463 e. The molecule has 0 fully saturated rings. The molecule has 0 atom stereocenters. The predicted octanol–water partition coefficient (Wildman–Crippen LogP) is 3.31. The van der Waals surface area contributed by atoms with Crippen LogP contribution in [0.15, 0.2) is 76.7 Å². The maximum atomic E-state index is 12.7. The lowest BCUT2D eigenvalue weighted by Gasteiger charge is -2.07. The maximum Gasteiger partial charge on any atom is 0.357 e. The van der Waals surface area contributed by atoms with Crippen molar-refractivity contribution in [2.75, 3.05) is 6.61 Å². The highest BCUT2D eigenvalue weighted by molar-refractivity contribution is 7.12. The third-order valence-electron chi connectivity index (χ3n) is 4.03. The molecular formula is C21H15N3O5S. The SMILES string of the molecule is O=C(COC(=O)c1cc(-c2ccco2)nn1-c1ccccc1)NC(=O)c1cccs1. The molecule has 0 spiro atoms. The van der Waals surface area contributed by atoms with Crippen molar-refractivity contribution in [2.24, 2.45) is 0 Å². The Kier molecular flexibility index (Phi) is 5.53. The predicted molar refractivity (Wildman–Crippen MR) is 108 cm³/mol. The molecule has 3 aromatic heterocycles. The van der Waals surface area contributed by atoms with Gasteiger partial charge in [0.1, 0.15) is 5.69 Å². The molecule has 9 heteroatoms. The molecule has 0 aliphatic rings. The number of rotatable bonds is 6. The zero-order valence-corrected chi connectivity index (χ0v) is 16.3. The number of hydrogen-bond acceptors (Lipinski definition) is 7. The van der Waals surface area contributed by atoms with E-state index >= 15 is 0 Å². The smallest absolute Gasteiger partial charge is 0.357 e. The minimum atomic E-state index is -0.761. The topological polar surface area (TPSA) is 103 Å². The van der Waals surface area contributed by atoms with Gasteiger partial charge in [-0.1, -0.05) is 24.3 Å². The highest BCUT2D eigenvalue weighted by Gasteiger charge is 2.21. The molecule has 150 valence electrons. The van der Waals surface area contributed by atoms with Crippen LogP contribution in [0, 0.1) is 0 Å². The van der Waals surface area contributed by atoms with E-state index in [1.54, 1.807) is 41.8 Å². The number of imide groups is 1. The van der Waals surface area contributed by atoms with Crippen molar-refractivity contribution in [2.45, 2.75) is 0 Å². The Morgan fingerprint density at radius 3 is 2.60 bits per heavy atom. The fourth-order valence-electron chi connectivity index (χ4n) is 2.67. The molecule has 0 radical (unpaired) electrons. The number of nitrogens with zero attached hydrogens (tertiary/aromatic N) is 2. The van der Waals surface area contributed by atoms with E-state index in [2.05, 4.69) is 10.4 Å². The van der Waals surface area contributed by atoms with Gasteiger partial charge in [-0.15, -0.1) is 11.3 Å². The van der Waals surface area contributed by atoms with Gasteiger partial charge in [0.15, 0.2) is 18.1 Å². The van der Waals surface area contributed by atoms with Gasteiger partial charge in [-0.25, -0.2) is 9.48 Å². The zero-order chi connectivity index (χ0) is 20.9. The summed E-state index contributed by atoms with van der Waals surface area (Å²) in [5.74, 6) is -1.54. The van der Waals surface area contributed by atoms with Crippen LogP contribution in [0.2, 0.25) is 0 Å². The monoisotopic (exact) mass is 421 g/mol. The molecule has 1 aromatic carbocycles. The molecule has 0 aliphatic carbocycles. The highest BCUT2D eigenvalue weighted by atomic mass is 32.1. The molecule has 0 saturated heterocycles. The van der Waals surface area contributed by atoms with E-state index in [1.165, 1.54) is 28.3 Å². The quantitative estimate of drug-likeness (QED) is 0.479. The molecule has 8 nitrogen and oxygen atoms in total. The Balaban J connectivity index is 1.50. The number of hydrogen-bond donors (Lipinski definition) is 1. The van der Waals surface area contributed by atoms with Crippen LogP contribution < -0.4 is 5.32 Å². The van der Waals surface area contributed by atoms with Gasteiger partial charge in [-0.3, -0.25) is 14.9 Å². The number of esters is 1. The van der Waals surface area contributed by atoms with Gasteiger partial charge in [0.25, 0.3) is 11.8 Å². The van der Waals surface area contributed by atoms with E-state index < -0.39 is 24.4 Å². The third-order valence-corrected chi connectivity index (χ3v) is 4.89. The Bertz CT molecular complexity index is 1160. The van der Waals surface area contributed by atoms with Gasteiger partial charge in [0, 0.05) is 6.07 Å². The lowest BCUT2D eigenvalue weighted by atomic mass is 10.3. The number of carbonyl (C=O) groups is 3. The number of amides is 2. The molecule has 0 aliphatic heterocycles. The summed E-state index contributed by atoms with van der Waals surface area (Å²) >= 11 is 1.20. The number of para-hydroxylation sites is 1. The molecule has 4 rings (SSSR count). The van der Waals surface area contributed by atoms with Crippen LogP contribution in [0.3, 0.4) is 0 Å². The first-order chi connectivity index (χ1) is 14.6. The van der Waals surface area contributed by atoms with Crippen molar-refractivity contribution < 1.29 is 23.5 Å². The van der Waals surface area contributed by atoms with E-state index in [-0.39, 0.29) is 5.69 Å². The number of nitrogens with one attached hydrogen (secondary N) is 1. The molecule has 0 bridgehead atoms. The molecule has 2 amide bonds. The third kappa shape index (κ3) is 4.20. The van der Waals surface area contributed by atoms with Gasteiger partial charge < -0.3 is 9.15 Å². The lowest BCUT2D eigenvalue weighted by Crippen LogP contribution is -2.33. The summed E-state index contributed by atoms with van der Waals surface area (Å²) in [5.41, 5.74) is 1.19. The van der Waals surface area contributed by atoms with Gasteiger partial charge >= 0.3 is 5.97 Å². The van der Waals surface area contributed by atoms with Gasteiger partial charge in [0.2, 0.25) is 0 Å². The highest BCUT2D eigenvalue weighted by Crippen LogP contribution is 2.22. The Labute approximate surface area is 174 Å². The molecule has 30 heavy (non-hydrogen) atoms. The minimum absolute atomic E-state index is 0.116. The molecule has 4 aromatic rings. The van der Waals surface area contributed by atoms with E-state index in [4.69, 9.17) is 9.15 Å². The molecule has 0 saturated carbocycles. The molecular weight excluding hydrogens is 406 g/mol. The van der Waals surface area contributed by atoms with Crippen LogP contribution in [0.25, 0.3) is 17.1 Å². The molecule has 3 heterocycles. The standard InChI is InChI=1S/C21H15N3O5S/c25-19(22-20(26)18-9-5-11-30-18)13-29-21(27)16-12-15(17-8-4-10-28-17)23-24(16)14-6-2-1-3-7-14/h1-12H,13H2,(H,22,25,26). The van der Waals surface area contributed by atoms with Crippen molar-refractivity contribution in [1.29, 1.82) is 0 Å². The van der Waals surface area contributed by atoms with Crippen molar-refractivity contribution in [3.63, 3.8) is 0 Å². The summed E-state index contributed by atoms with van der Waals surface area (Å²) in [4.78, 5) is 37.0. The van der Waals surface area contributed by atoms with Crippen molar-refractivity contribution in [3.8, 4) is 17.1 Å². The first-order valence-corrected chi connectivity index (χ1v) is 9.74. The average molecular weight is 421 g/mol. The first-order valence-electron chi connectivity index (χ1n) is 8.86. The van der Waals surface area contributed by atoms with Crippen LogP contribution in [-0.2, 0) is 9.53 Å². The second kappa shape index (κ2) is 8.58. The van der Waals surface area contributed by atoms with Crippen molar-refractivity contribution in [3.05, 3.63) is 82.9 Å². The van der Waals surface area contributed by atoms with Crippen molar-refractivity contribution in [1.82, 2.24) is 15.1 Å². The normalized spacial score (nSPS) is 10.5. The lowest BCUT2D eigenvalue weighted by molar-refractivity contribution is -0.123. The molecule has 0 unspecified atom stereocenters. The maximum absolute atomic E-state index is 12.7. The number of thiophene rings is 1. The van der Waals surface area contributed by atoms with Crippen molar-refractivity contribution >= 4 is 29.1 Å². The number of ether oxygens (including phenoxy) is 1. The fraction of sp³-hybridized carbons (Fsp3) is 0.0476.